The molecule has 5 N–H and O–H groups in total. The molecule has 2 aliphatic rings. The molecule has 2 aliphatic carbocycles. The number of carboxylic acids is 1. The van der Waals surface area contributed by atoms with Crippen molar-refractivity contribution in [2.24, 2.45) is 29.2 Å². The van der Waals surface area contributed by atoms with Gasteiger partial charge in [-0.15, -0.1) is 0 Å². The van der Waals surface area contributed by atoms with Crippen LogP contribution in [0.2, 0.25) is 0 Å². The quantitative estimate of drug-likeness (QED) is 0.673. The van der Waals surface area contributed by atoms with E-state index >= 15 is 0 Å². The fourth-order valence-corrected chi connectivity index (χ4v) is 3.20. The summed E-state index contributed by atoms with van der Waals surface area (Å²) in [7, 11) is 0. The Kier molecular flexibility index (Phi) is 2.47. The van der Waals surface area contributed by atoms with Crippen molar-refractivity contribution in [2.45, 2.75) is 18.9 Å². The molecule has 3 rings (SSSR count). The van der Waals surface area contributed by atoms with Crippen LogP contribution in [0.25, 0.3) is 11.8 Å². The van der Waals surface area contributed by atoms with Gasteiger partial charge in [0.25, 0.3) is 0 Å². The Morgan fingerprint density at radius 3 is 2.74 bits per heavy atom. The van der Waals surface area contributed by atoms with Gasteiger partial charge in [-0.05, 0) is 23.5 Å². The molecule has 0 spiro atoms. The lowest BCUT2D eigenvalue weighted by atomic mass is 9.81. The van der Waals surface area contributed by atoms with Gasteiger partial charge in [-0.25, -0.2) is 0 Å². The number of fused-ring (bicyclic) bond motifs is 1. The van der Waals surface area contributed by atoms with Crippen molar-refractivity contribution in [2.75, 3.05) is 0 Å². The van der Waals surface area contributed by atoms with E-state index in [1.807, 2.05) is 31.2 Å². The molecule has 1 saturated carbocycles. The molecule has 1 aromatic rings. The van der Waals surface area contributed by atoms with Crippen LogP contribution in [0, 0.1) is 17.8 Å². The van der Waals surface area contributed by atoms with Gasteiger partial charge in [-0.2, -0.15) is 0 Å². The SMILES string of the molecule is CC1C(N)=c2ccccc2=CC1C1CC1(N)C(=O)O. The maximum absolute atomic E-state index is 11.2. The Labute approximate surface area is 111 Å². The van der Waals surface area contributed by atoms with Gasteiger partial charge in [-0.1, -0.05) is 37.3 Å². The van der Waals surface area contributed by atoms with Crippen LogP contribution in [0.15, 0.2) is 24.3 Å². The van der Waals surface area contributed by atoms with Gasteiger partial charge in [0.2, 0.25) is 0 Å². The van der Waals surface area contributed by atoms with Crippen LogP contribution >= 0.6 is 0 Å². The number of carboxylic acid groups (broad SMARTS) is 1. The summed E-state index contributed by atoms with van der Waals surface area (Å²) in [5.41, 5.74) is 11.9. The molecule has 0 aromatic heterocycles. The highest BCUT2D eigenvalue weighted by Gasteiger charge is 2.61. The van der Waals surface area contributed by atoms with Gasteiger partial charge in [0, 0.05) is 16.8 Å². The van der Waals surface area contributed by atoms with E-state index in [1.54, 1.807) is 0 Å². The van der Waals surface area contributed by atoms with Crippen LogP contribution in [-0.2, 0) is 4.79 Å². The first-order valence-corrected chi connectivity index (χ1v) is 6.54. The van der Waals surface area contributed by atoms with Crippen LogP contribution < -0.4 is 21.9 Å². The number of carbonyl (C=O) groups is 1. The second kappa shape index (κ2) is 3.84. The van der Waals surface area contributed by atoms with E-state index in [9.17, 15) is 9.90 Å². The van der Waals surface area contributed by atoms with Crippen molar-refractivity contribution in [3.63, 3.8) is 0 Å². The normalized spacial score (nSPS) is 36.3. The van der Waals surface area contributed by atoms with Crippen LogP contribution in [0.5, 0.6) is 0 Å². The smallest absolute Gasteiger partial charge is 0.323 e. The van der Waals surface area contributed by atoms with Gasteiger partial charge in [0.1, 0.15) is 5.54 Å². The van der Waals surface area contributed by atoms with E-state index in [0.717, 1.165) is 16.1 Å². The lowest BCUT2D eigenvalue weighted by molar-refractivity contribution is -0.140. The molecule has 0 radical (unpaired) electrons. The van der Waals surface area contributed by atoms with Crippen LogP contribution in [0.4, 0.5) is 0 Å². The van der Waals surface area contributed by atoms with E-state index in [4.69, 9.17) is 11.5 Å². The zero-order chi connectivity index (χ0) is 13.8. The summed E-state index contributed by atoms with van der Waals surface area (Å²) in [6.45, 7) is 2.05. The highest BCUT2D eigenvalue weighted by Crippen LogP contribution is 2.50. The van der Waals surface area contributed by atoms with Crippen molar-refractivity contribution in [1.29, 1.82) is 0 Å². The van der Waals surface area contributed by atoms with Gasteiger partial charge in [0.15, 0.2) is 0 Å². The van der Waals surface area contributed by atoms with E-state index in [1.165, 1.54) is 0 Å². The van der Waals surface area contributed by atoms with E-state index in [-0.39, 0.29) is 17.8 Å². The first-order chi connectivity index (χ1) is 8.95. The van der Waals surface area contributed by atoms with Crippen molar-refractivity contribution in [3.8, 4) is 0 Å². The number of rotatable bonds is 2. The van der Waals surface area contributed by atoms with Crippen molar-refractivity contribution in [1.82, 2.24) is 0 Å². The highest BCUT2D eigenvalue weighted by atomic mass is 16.4. The van der Waals surface area contributed by atoms with Crippen molar-refractivity contribution in [3.05, 3.63) is 34.7 Å². The third-order valence-corrected chi connectivity index (χ3v) is 4.63. The van der Waals surface area contributed by atoms with E-state index in [2.05, 4.69) is 6.08 Å². The molecule has 0 saturated heterocycles. The Hall–Kier alpha value is -1.81. The average Bonchev–Trinajstić information content (AvgIpc) is 3.08. The zero-order valence-corrected chi connectivity index (χ0v) is 10.8. The summed E-state index contributed by atoms with van der Waals surface area (Å²) >= 11 is 0. The zero-order valence-electron chi connectivity index (χ0n) is 10.8. The predicted octanol–water partition coefficient (Wildman–Crippen LogP) is -0.398. The van der Waals surface area contributed by atoms with E-state index in [0.29, 0.717) is 6.42 Å². The molecule has 4 atom stereocenters. The topological polar surface area (TPSA) is 89.3 Å². The fourth-order valence-electron chi connectivity index (χ4n) is 3.20. The Morgan fingerprint density at radius 2 is 2.11 bits per heavy atom. The van der Waals surface area contributed by atoms with Crippen LogP contribution in [-0.4, -0.2) is 16.6 Å². The minimum atomic E-state index is -1.07. The minimum Gasteiger partial charge on any atom is -0.480 e. The first-order valence-electron chi connectivity index (χ1n) is 6.54. The lowest BCUT2D eigenvalue weighted by Crippen LogP contribution is -2.42. The molecule has 100 valence electrons. The number of aliphatic carboxylic acids is 1. The van der Waals surface area contributed by atoms with Crippen LogP contribution in [0.3, 0.4) is 0 Å². The van der Waals surface area contributed by atoms with E-state index < -0.39 is 11.5 Å². The molecular formula is C15H18N2O2. The number of nitrogens with two attached hydrogens (primary N) is 2. The van der Waals surface area contributed by atoms with Gasteiger partial charge >= 0.3 is 5.97 Å². The molecular weight excluding hydrogens is 240 g/mol. The summed E-state index contributed by atoms with van der Waals surface area (Å²) in [6.07, 6.45) is 2.67. The number of hydrogen-bond acceptors (Lipinski definition) is 3. The Morgan fingerprint density at radius 1 is 1.42 bits per heavy atom. The second-order valence-corrected chi connectivity index (χ2v) is 5.73. The average molecular weight is 258 g/mol. The number of hydrogen-bond donors (Lipinski definition) is 3. The third-order valence-electron chi connectivity index (χ3n) is 4.63. The fraction of sp³-hybridized carbons (Fsp3) is 0.400. The van der Waals surface area contributed by atoms with Gasteiger partial charge < -0.3 is 16.6 Å². The van der Waals surface area contributed by atoms with Crippen molar-refractivity contribution < 1.29 is 9.90 Å². The summed E-state index contributed by atoms with van der Waals surface area (Å²) in [6, 6.07) is 7.96. The molecule has 4 nitrogen and oxygen atoms in total. The molecule has 0 aliphatic heterocycles. The van der Waals surface area contributed by atoms with Gasteiger partial charge in [-0.3, -0.25) is 4.79 Å². The maximum Gasteiger partial charge on any atom is 0.323 e. The first kappa shape index (κ1) is 12.2. The highest BCUT2D eigenvalue weighted by molar-refractivity contribution is 5.83. The Balaban J connectivity index is 2.04. The third kappa shape index (κ3) is 1.67. The predicted molar refractivity (Wildman–Crippen MR) is 73.1 cm³/mol. The second-order valence-electron chi connectivity index (χ2n) is 5.73. The molecule has 19 heavy (non-hydrogen) atoms. The molecule has 4 heteroatoms. The summed E-state index contributed by atoms with van der Waals surface area (Å²) in [4.78, 5) is 11.2. The molecule has 0 amide bonds. The van der Waals surface area contributed by atoms with Crippen molar-refractivity contribution >= 4 is 17.7 Å². The summed E-state index contributed by atoms with van der Waals surface area (Å²) in [5.74, 6) is -0.692. The minimum absolute atomic E-state index is 0.0214. The summed E-state index contributed by atoms with van der Waals surface area (Å²) < 4.78 is 0. The molecule has 0 heterocycles. The molecule has 1 fully saturated rings. The number of benzene rings is 1. The molecule has 4 unspecified atom stereocenters. The largest absolute Gasteiger partial charge is 0.480 e. The monoisotopic (exact) mass is 258 g/mol. The summed E-state index contributed by atoms with van der Waals surface area (Å²) in [5, 5.41) is 11.3. The van der Waals surface area contributed by atoms with Crippen LogP contribution in [0.1, 0.15) is 13.3 Å². The standard InChI is InChI=1S/C15H18N2O2/c1-8-11(12-7-15(12,17)14(18)19)6-9-4-2-3-5-10(9)13(8)16/h2-6,8,11-12H,7,16-17H2,1H3,(H,18,19). The molecule has 1 aromatic carbocycles. The van der Waals surface area contributed by atoms with Gasteiger partial charge in [0.05, 0.1) is 0 Å². The molecule has 0 bridgehead atoms. The maximum atomic E-state index is 11.2. The Bertz CT molecular complexity index is 667. The lowest BCUT2D eigenvalue weighted by Gasteiger charge is -2.26.